The standard InChI is InChI=1S/C19H28O2/c1-18-8-3-4-15(18)14-6-5-12-10-13(20)7-9-19(12,2)17(14)16(21)11-18/h10,14-17,21H,3-9,11H2,1-2H3/t14-,15+,16+,17-,18+,19-/m0/s1. The van der Waals surface area contributed by atoms with Crippen LogP contribution < -0.4 is 0 Å². The molecule has 1 N–H and O–H groups in total. The van der Waals surface area contributed by atoms with Crippen molar-refractivity contribution in [1.29, 1.82) is 0 Å². The van der Waals surface area contributed by atoms with Crippen molar-refractivity contribution < 1.29 is 9.90 Å². The molecule has 0 aromatic carbocycles. The lowest BCUT2D eigenvalue weighted by Gasteiger charge is -2.59. The van der Waals surface area contributed by atoms with Gasteiger partial charge in [0.2, 0.25) is 0 Å². The Balaban J connectivity index is 1.74. The zero-order chi connectivity index (χ0) is 14.8. The number of hydrogen-bond acceptors (Lipinski definition) is 2. The molecule has 3 fully saturated rings. The summed E-state index contributed by atoms with van der Waals surface area (Å²) >= 11 is 0. The van der Waals surface area contributed by atoms with Gasteiger partial charge in [-0.05, 0) is 73.2 Å². The van der Waals surface area contributed by atoms with Crippen LogP contribution in [0.1, 0.15) is 65.2 Å². The molecule has 0 amide bonds. The van der Waals surface area contributed by atoms with Gasteiger partial charge in [-0.15, -0.1) is 0 Å². The van der Waals surface area contributed by atoms with E-state index in [1.54, 1.807) is 0 Å². The summed E-state index contributed by atoms with van der Waals surface area (Å²) in [4.78, 5) is 11.8. The maximum Gasteiger partial charge on any atom is 0.155 e. The van der Waals surface area contributed by atoms with Gasteiger partial charge in [0.1, 0.15) is 0 Å². The van der Waals surface area contributed by atoms with E-state index < -0.39 is 0 Å². The van der Waals surface area contributed by atoms with Gasteiger partial charge in [0.25, 0.3) is 0 Å². The quantitative estimate of drug-likeness (QED) is 0.734. The van der Waals surface area contributed by atoms with E-state index in [2.05, 4.69) is 13.8 Å². The van der Waals surface area contributed by atoms with Gasteiger partial charge in [-0.25, -0.2) is 0 Å². The number of fused-ring (bicyclic) bond motifs is 5. The molecule has 6 atom stereocenters. The maximum atomic E-state index is 11.8. The van der Waals surface area contributed by atoms with Crippen LogP contribution in [-0.4, -0.2) is 17.0 Å². The fourth-order valence-electron chi connectivity index (χ4n) is 6.70. The molecule has 0 aromatic rings. The highest BCUT2D eigenvalue weighted by Crippen LogP contribution is 2.65. The highest BCUT2D eigenvalue weighted by molar-refractivity contribution is 5.91. The summed E-state index contributed by atoms with van der Waals surface area (Å²) in [6, 6.07) is 0. The van der Waals surface area contributed by atoms with Crippen LogP contribution in [0.4, 0.5) is 0 Å². The molecule has 2 heteroatoms. The predicted octanol–water partition coefficient (Wildman–Crippen LogP) is 3.88. The molecule has 0 bridgehead atoms. The van der Waals surface area contributed by atoms with E-state index in [1.807, 2.05) is 6.08 Å². The molecule has 0 aromatic heterocycles. The number of carbonyl (C=O) groups is 1. The molecule has 4 aliphatic carbocycles. The molecule has 3 saturated carbocycles. The molecule has 21 heavy (non-hydrogen) atoms. The summed E-state index contributed by atoms with van der Waals surface area (Å²) in [6.07, 6.45) is 10.7. The largest absolute Gasteiger partial charge is 0.393 e. The first-order valence-corrected chi connectivity index (χ1v) is 8.86. The molecule has 0 aliphatic heterocycles. The Labute approximate surface area is 128 Å². The predicted molar refractivity (Wildman–Crippen MR) is 82.7 cm³/mol. The number of hydrogen-bond donors (Lipinski definition) is 1. The normalized spacial score (nSPS) is 52.7. The van der Waals surface area contributed by atoms with Crippen molar-refractivity contribution in [3.05, 3.63) is 11.6 Å². The van der Waals surface area contributed by atoms with Crippen LogP contribution in [0.5, 0.6) is 0 Å². The lowest BCUT2D eigenvalue weighted by atomic mass is 9.46. The van der Waals surface area contributed by atoms with Gasteiger partial charge >= 0.3 is 0 Å². The zero-order valence-corrected chi connectivity index (χ0v) is 13.4. The van der Waals surface area contributed by atoms with E-state index in [0.717, 1.165) is 25.2 Å². The van der Waals surface area contributed by atoms with E-state index in [-0.39, 0.29) is 11.5 Å². The Morgan fingerprint density at radius 2 is 2.00 bits per heavy atom. The second-order valence-corrected chi connectivity index (χ2v) is 8.71. The van der Waals surface area contributed by atoms with Crippen molar-refractivity contribution in [3.8, 4) is 0 Å². The van der Waals surface area contributed by atoms with Crippen LogP contribution in [0.25, 0.3) is 0 Å². The first kappa shape index (κ1) is 14.0. The van der Waals surface area contributed by atoms with E-state index in [9.17, 15) is 9.90 Å². The average Bonchev–Trinajstić information content (AvgIpc) is 2.80. The van der Waals surface area contributed by atoms with Gasteiger partial charge in [-0.2, -0.15) is 0 Å². The third kappa shape index (κ3) is 1.84. The van der Waals surface area contributed by atoms with Gasteiger partial charge in [0, 0.05) is 6.42 Å². The fraction of sp³-hybridized carbons (Fsp3) is 0.842. The van der Waals surface area contributed by atoms with Crippen LogP contribution >= 0.6 is 0 Å². The van der Waals surface area contributed by atoms with Crippen molar-refractivity contribution in [1.82, 2.24) is 0 Å². The summed E-state index contributed by atoms with van der Waals surface area (Å²) in [5.74, 6) is 2.18. The van der Waals surface area contributed by atoms with Crippen molar-refractivity contribution >= 4 is 5.78 Å². The maximum absolute atomic E-state index is 11.8. The molecule has 0 unspecified atom stereocenters. The highest BCUT2D eigenvalue weighted by atomic mass is 16.3. The van der Waals surface area contributed by atoms with Crippen molar-refractivity contribution in [2.45, 2.75) is 71.3 Å². The summed E-state index contributed by atoms with van der Waals surface area (Å²) in [6.45, 7) is 4.76. The molecule has 4 rings (SSSR count). The van der Waals surface area contributed by atoms with Crippen molar-refractivity contribution in [3.63, 3.8) is 0 Å². The zero-order valence-electron chi connectivity index (χ0n) is 13.4. The minimum Gasteiger partial charge on any atom is -0.393 e. The second-order valence-electron chi connectivity index (χ2n) is 8.71. The minimum atomic E-state index is -0.170. The van der Waals surface area contributed by atoms with Gasteiger partial charge in [-0.1, -0.05) is 25.8 Å². The average molecular weight is 288 g/mol. The molecule has 0 spiro atoms. The van der Waals surface area contributed by atoms with Crippen LogP contribution in [0, 0.1) is 28.6 Å². The lowest BCUT2D eigenvalue weighted by Crippen LogP contribution is -2.55. The van der Waals surface area contributed by atoms with E-state index in [0.29, 0.717) is 29.5 Å². The van der Waals surface area contributed by atoms with Crippen LogP contribution in [0.3, 0.4) is 0 Å². The molecule has 2 nitrogen and oxygen atoms in total. The third-order valence-corrected chi connectivity index (χ3v) is 7.67. The highest BCUT2D eigenvalue weighted by Gasteiger charge is 2.59. The summed E-state index contributed by atoms with van der Waals surface area (Å²) in [7, 11) is 0. The monoisotopic (exact) mass is 288 g/mol. The summed E-state index contributed by atoms with van der Waals surface area (Å²) in [5, 5.41) is 11.0. The van der Waals surface area contributed by atoms with Crippen molar-refractivity contribution in [2.75, 3.05) is 0 Å². The number of aliphatic hydroxyl groups excluding tert-OH is 1. The van der Waals surface area contributed by atoms with Crippen LogP contribution in [-0.2, 0) is 4.79 Å². The van der Waals surface area contributed by atoms with Gasteiger partial charge < -0.3 is 5.11 Å². The molecule has 116 valence electrons. The number of rotatable bonds is 0. The Morgan fingerprint density at radius 3 is 2.81 bits per heavy atom. The lowest BCUT2D eigenvalue weighted by molar-refractivity contribution is -0.127. The number of allylic oxidation sites excluding steroid dienone is 1. The number of aliphatic hydroxyl groups is 1. The molecule has 0 saturated heterocycles. The first-order chi connectivity index (χ1) is 9.94. The van der Waals surface area contributed by atoms with Crippen molar-refractivity contribution in [2.24, 2.45) is 28.6 Å². The third-order valence-electron chi connectivity index (χ3n) is 7.67. The van der Waals surface area contributed by atoms with E-state index in [1.165, 1.54) is 31.3 Å². The van der Waals surface area contributed by atoms with Gasteiger partial charge in [-0.3, -0.25) is 4.79 Å². The molecular weight excluding hydrogens is 260 g/mol. The topological polar surface area (TPSA) is 37.3 Å². The Morgan fingerprint density at radius 1 is 1.19 bits per heavy atom. The van der Waals surface area contributed by atoms with Crippen LogP contribution in [0.15, 0.2) is 11.6 Å². The molecule has 4 aliphatic rings. The number of carbonyl (C=O) groups excluding carboxylic acids is 1. The second kappa shape index (κ2) is 4.44. The van der Waals surface area contributed by atoms with E-state index in [4.69, 9.17) is 0 Å². The van der Waals surface area contributed by atoms with E-state index >= 15 is 0 Å². The Kier molecular flexibility index (Phi) is 2.96. The fourth-order valence-corrected chi connectivity index (χ4v) is 6.70. The molecular formula is C19H28O2. The molecule has 0 radical (unpaired) electrons. The summed E-state index contributed by atoms with van der Waals surface area (Å²) < 4.78 is 0. The number of ketones is 1. The minimum absolute atomic E-state index is 0.0835. The SMILES string of the molecule is C[C@]12CCC[C@@H]1[C@@H]1CCC3=CC(=O)CC[C@]3(C)[C@@H]1[C@H](O)C2. The smallest absolute Gasteiger partial charge is 0.155 e. The van der Waals surface area contributed by atoms with Gasteiger partial charge in [0.15, 0.2) is 5.78 Å². The Bertz CT molecular complexity index is 508. The van der Waals surface area contributed by atoms with Gasteiger partial charge in [0.05, 0.1) is 6.10 Å². The summed E-state index contributed by atoms with van der Waals surface area (Å²) in [5.41, 5.74) is 1.81. The van der Waals surface area contributed by atoms with Crippen LogP contribution in [0.2, 0.25) is 0 Å². The Hall–Kier alpha value is -0.630. The first-order valence-electron chi connectivity index (χ1n) is 8.86. The molecule has 0 heterocycles.